The number of hydrogen-bond acceptors (Lipinski definition) is 1. The van der Waals surface area contributed by atoms with Gasteiger partial charge in [-0.1, -0.05) is 13.8 Å². The Bertz CT molecular complexity index is 242. The molecule has 80 valence electrons. The van der Waals surface area contributed by atoms with Gasteiger partial charge in [0.05, 0.1) is 0 Å². The Balaban J connectivity index is 0.00000169. The third-order valence-electron chi connectivity index (χ3n) is 2.32. The molecule has 2 nitrogen and oxygen atoms in total. The molecule has 0 saturated carbocycles. The first-order valence-electron chi connectivity index (χ1n) is 4.94. The second-order valence-corrected chi connectivity index (χ2v) is 3.33. The summed E-state index contributed by atoms with van der Waals surface area (Å²) in [5.41, 5.74) is 1.32. The minimum atomic E-state index is 0. The standard InChI is InChI=1S/C11H19N2.BrH/c1-4-12(5-2)10-13-8-6-11(3)7-9-13;/h6-9H,4-5,10H2,1-3H3;1H/q+1;/p-1. The molecule has 0 aliphatic heterocycles. The van der Waals surface area contributed by atoms with E-state index in [1.807, 2.05) is 0 Å². The van der Waals surface area contributed by atoms with Crippen molar-refractivity contribution in [3.8, 4) is 0 Å². The summed E-state index contributed by atoms with van der Waals surface area (Å²) in [4.78, 5) is 2.38. The van der Waals surface area contributed by atoms with E-state index >= 15 is 0 Å². The smallest absolute Gasteiger partial charge is 0.204 e. The normalized spacial score (nSPS) is 10.0. The van der Waals surface area contributed by atoms with E-state index in [4.69, 9.17) is 0 Å². The van der Waals surface area contributed by atoms with Gasteiger partial charge in [-0.05, 0) is 12.5 Å². The van der Waals surface area contributed by atoms with Crippen molar-refractivity contribution < 1.29 is 21.5 Å². The third-order valence-corrected chi connectivity index (χ3v) is 2.32. The molecule has 0 fully saturated rings. The van der Waals surface area contributed by atoms with Gasteiger partial charge < -0.3 is 17.0 Å². The van der Waals surface area contributed by atoms with Crippen molar-refractivity contribution in [2.24, 2.45) is 0 Å². The van der Waals surface area contributed by atoms with Crippen LogP contribution in [0.15, 0.2) is 24.5 Å². The van der Waals surface area contributed by atoms with E-state index in [0.29, 0.717) is 0 Å². The highest BCUT2D eigenvalue weighted by Gasteiger charge is 2.04. The summed E-state index contributed by atoms with van der Waals surface area (Å²) >= 11 is 0. The van der Waals surface area contributed by atoms with E-state index < -0.39 is 0 Å². The fourth-order valence-electron chi connectivity index (χ4n) is 1.28. The Morgan fingerprint density at radius 2 is 1.64 bits per heavy atom. The number of halogens is 1. The van der Waals surface area contributed by atoms with Gasteiger partial charge in [0, 0.05) is 25.2 Å². The topological polar surface area (TPSA) is 7.12 Å². The van der Waals surface area contributed by atoms with Crippen LogP contribution in [0, 0.1) is 6.92 Å². The summed E-state index contributed by atoms with van der Waals surface area (Å²) in [5, 5.41) is 0. The minimum Gasteiger partial charge on any atom is -1.00 e. The first-order valence-corrected chi connectivity index (χ1v) is 4.94. The molecule has 0 spiro atoms. The van der Waals surface area contributed by atoms with Gasteiger partial charge in [-0.25, -0.2) is 4.90 Å². The Kier molecular flexibility index (Phi) is 6.75. The van der Waals surface area contributed by atoms with Crippen LogP contribution in [0.1, 0.15) is 19.4 Å². The van der Waals surface area contributed by atoms with Crippen LogP contribution in [0.5, 0.6) is 0 Å². The molecular formula is C11H19BrN2. The first-order chi connectivity index (χ1) is 6.26. The highest BCUT2D eigenvalue weighted by molar-refractivity contribution is 5.03. The van der Waals surface area contributed by atoms with Gasteiger partial charge in [0.15, 0.2) is 12.4 Å². The Morgan fingerprint density at radius 1 is 1.14 bits per heavy atom. The van der Waals surface area contributed by atoms with Gasteiger partial charge in [-0.15, -0.1) is 0 Å². The quantitative estimate of drug-likeness (QED) is 0.602. The van der Waals surface area contributed by atoms with Crippen LogP contribution in [-0.2, 0) is 6.67 Å². The van der Waals surface area contributed by atoms with Crippen molar-refractivity contribution in [3.05, 3.63) is 30.1 Å². The van der Waals surface area contributed by atoms with Crippen LogP contribution in [0.2, 0.25) is 0 Å². The molecule has 1 aromatic heterocycles. The lowest BCUT2D eigenvalue weighted by Gasteiger charge is -2.13. The summed E-state index contributed by atoms with van der Waals surface area (Å²) in [5.74, 6) is 0. The van der Waals surface area contributed by atoms with Gasteiger partial charge in [0.1, 0.15) is 0 Å². The molecule has 1 aromatic rings. The molecule has 1 rings (SSSR count). The van der Waals surface area contributed by atoms with Gasteiger partial charge in [-0.2, -0.15) is 4.57 Å². The Morgan fingerprint density at radius 3 is 2.07 bits per heavy atom. The molecule has 1 heterocycles. The van der Waals surface area contributed by atoms with Crippen LogP contribution in [0.4, 0.5) is 0 Å². The van der Waals surface area contributed by atoms with E-state index in [9.17, 15) is 0 Å². The highest BCUT2D eigenvalue weighted by atomic mass is 79.9. The predicted molar refractivity (Wildman–Crippen MR) is 54.3 cm³/mol. The van der Waals surface area contributed by atoms with Crippen molar-refractivity contribution in [2.75, 3.05) is 13.1 Å². The van der Waals surface area contributed by atoms with Crippen LogP contribution >= 0.6 is 0 Å². The fraction of sp³-hybridized carbons (Fsp3) is 0.545. The number of aryl methyl sites for hydroxylation is 1. The van der Waals surface area contributed by atoms with Gasteiger partial charge in [0.25, 0.3) is 0 Å². The van der Waals surface area contributed by atoms with E-state index in [-0.39, 0.29) is 17.0 Å². The van der Waals surface area contributed by atoms with Crippen molar-refractivity contribution in [1.29, 1.82) is 0 Å². The number of pyridine rings is 1. The molecule has 14 heavy (non-hydrogen) atoms. The lowest BCUT2D eigenvalue weighted by molar-refractivity contribution is -0.715. The Labute approximate surface area is 97.3 Å². The van der Waals surface area contributed by atoms with Gasteiger partial charge in [0.2, 0.25) is 6.67 Å². The molecule has 0 N–H and O–H groups in total. The molecule has 0 aromatic carbocycles. The largest absolute Gasteiger partial charge is 1.00 e. The second kappa shape index (κ2) is 6.96. The van der Waals surface area contributed by atoms with Gasteiger partial charge >= 0.3 is 0 Å². The number of aromatic nitrogens is 1. The van der Waals surface area contributed by atoms with Crippen LogP contribution < -0.4 is 21.5 Å². The first kappa shape index (κ1) is 13.6. The summed E-state index contributed by atoms with van der Waals surface area (Å²) in [6, 6.07) is 4.28. The number of rotatable bonds is 4. The maximum atomic E-state index is 2.38. The Hall–Kier alpha value is -0.410. The zero-order chi connectivity index (χ0) is 9.68. The lowest BCUT2D eigenvalue weighted by Crippen LogP contribution is -3.00. The zero-order valence-corrected chi connectivity index (χ0v) is 10.8. The molecular weight excluding hydrogens is 240 g/mol. The third kappa shape index (κ3) is 4.20. The second-order valence-electron chi connectivity index (χ2n) is 3.33. The lowest BCUT2D eigenvalue weighted by atomic mass is 10.3. The molecule has 0 amide bonds. The maximum Gasteiger partial charge on any atom is 0.204 e. The number of hydrogen-bond donors (Lipinski definition) is 0. The van der Waals surface area contributed by atoms with Crippen molar-refractivity contribution in [1.82, 2.24) is 4.90 Å². The number of nitrogens with zero attached hydrogens (tertiary/aromatic N) is 2. The van der Waals surface area contributed by atoms with E-state index in [0.717, 1.165) is 19.8 Å². The maximum absolute atomic E-state index is 2.38. The SMILES string of the molecule is CCN(CC)C[n+]1ccc(C)cc1.[Br-]. The van der Waals surface area contributed by atoms with Crippen LogP contribution in [0.25, 0.3) is 0 Å². The molecule has 0 aliphatic rings. The molecule has 0 saturated heterocycles. The average Bonchev–Trinajstić information content (AvgIpc) is 2.17. The van der Waals surface area contributed by atoms with Crippen molar-refractivity contribution in [3.63, 3.8) is 0 Å². The molecule has 0 bridgehead atoms. The highest BCUT2D eigenvalue weighted by Crippen LogP contribution is 1.91. The molecule has 0 atom stereocenters. The molecule has 0 radical (unpaired) electrons. The summed E-state index contributed by atoms with van der Waals surface area (Å²) in [7, 11) is 0. The average molecular weight is 259 g/mol. The fourth-order valence-corrected chi connectivity index (χ4v) is 1.28. The molecule has 0 aliphatic carbocycles. The predicted octanol–water partition coefficient (Wildman–Crippen LogP) is -1.41. The molecule has 3 heteroatoms. The van der Waals surface area contributed by atoms with Crippen molar-refractivity contribution in [2.45, 2.75) is 27.4 Å². The summed E-state index contributed by atoms with van der Waals surface area (Å²) in [6.45, 7) is 9.71. The monoisotopic (exact) mass is 258 g/mol. The molecule has 0 unspecified atom stereocenters. The van der Waals surface area contributed by atoms with Crippen LogP contribution in [0.3, 0.4) is 0 Å². The zero-order valence-electron chi connectivity index (χ0n) is 9.20. The van der Waals surface area contributed by atoms with Crippen LogP contribution in [-0.4, -0.2) is 18.0 Å². The van der Waals surface area contributed by atoms with E-state index in [2.05, 4.69) is 54.8 Å². The van der Waals surface area contributed by atoms with E-state index in [1.165, 1.54) is 5.56 Å². The van der Waals surface area contributed by atoms with Crippen molar-refractivity contribution >= 4 is 0 Å². The minimum absolute atomic E-state index is 0. The van der Waals surface area contributed by atoms with E-state index in [1.54, 1.807) is 0 Å². The summed E-state index contributed by atoms with van der Waals surface area (Å²) in [6.07, 6.45) is 4.27. The summed E-state index contributed by atoms with van der Waals surface area (Å²) < 4.78 is 2.21. The van der Waals surface area contributed by atoms with Gasteiger partial charge in [-0.3, -0.25) is 0 Å².